The van der Waals surface area contributed by atoms with E-state index in [9.17, 15) is 14.7 Å². The van der Waals surface area contributed by atoms with Gasteiger partial charge in [0.15, 0.2) is 0 Å². The lowest BCUT2D eigenvalue weighted by Gasteiger charge is -2.33. The summed E-state index contributed by atoms with van der Waals surface area (Å²) in [5.41, 5.74) is -1.10. The number of hydrogen-bond donors (Lipinski definition) is 1. The Morgan fingerprint density at radius 1 is 1.18 bits per heavy atom. The Morgan fingerprint density at radius 2 is 1.77 bits per heavy atom. The quantitative estimate of drug-likeness (QED) is 0.855. The maximum Gasteiger partial charge on any atom is 0.319 e. The standard InChI is InChI=1S/C16H18ClNO3S/c17-11-1-3-12(4-2-11)22-13-5-9-18(10-6-13)14(19)16(7-8-16)15(20)21/h1-4,13H,5-10H2,(H,20,21). The van der Waals surface area contributed by atoms with Crippen molar-refractivity contribution >= 4 is 35.2 Å². The van der Waals surface area contributed by atoms with Crippen LogP contribution in [0.15, 0.2) is 29.2 Å². The second-order valence-electron chi connectivity index (χ2n) is 5.95. The smallest absolute Gasteiger partial charge is 0.319 e. The monoisotopic (exact) mass is 339 g/mol. The topological polar surface area (TPSA) is 57.6 Å². The van der Waals surface area contributed by atoms with Crippen molar-refractivity contribution in [2.75, 3.05) is 13.1 Å². The second-order valence-corrected chi connectivity index (χ2v) is 7.76. The largest absolute Gasteiger partial charge is 0.480 e. The van der Waals surface area contributed by atoms with Crippen LogP contribution in [0.4, 0.5) is 0 Å². The molecule has 0 aromatic heterocycles. The molecule has 4 nitrogen and oxygen atoms in total. The van der Waals surface area contributed by atoms with Gasteiger partial charge in [0.05, 0.1) is 0 Å². The van der Waals surface area contributed by atoms with E-state index in [0.29, 0.717) is 31.2 Å². The van der Waals surface area contributed by atoms with E-state index in [1.807, 2.05) is 24.3 Å². The Hall–Kier alpha value is -1.20. The highest BCUT2D eigenvalue weighted by molar-refractivity contribution is 8.00. The van der Waals surface area contributed by atoms with Gasteiger partial charge in [-0.15, -0.1) is 11.8 Å². The number of hydrogen-bond acceptors (Lipinski definition) is 3. The van der Waals surface area contributed by atoms with Gasteiger partial charge in [0.25, 0.3) is 0 Å². The van der Waals surface area contributed by atoms with Crippen LogP contribution in [-0.2, 0) is 9.59 Å². The lowest BCUT2D eigenvalue weighted by Crippen LogP contribution is -2.45. The molecule has 1 N–H and O–H groups in total. The summed E-state index contributed by atoms with van der Waals surface area (Å²) in [6.45, 7) is 1.30. The van der Waals surface area contributed by atoms with Gasteiger partial charge in [0, 0.05) is 28.3 Å². The number of aliphatic carboxylic acids is 1. The molecule has 1 aliphatic carbocycles. The first kappa shape index (κ1) is 15.7. The van der Waals surface area contributed by atoms with Gasteiger partial charge in [0.2, 0.25) is 5.91 Å². The van der Waals surface area contributed by atoms with Crippen molar-refractivity contribution in [3.05, 3.63) is 29.3 Å². The lowest BCUT2D eigenvalue weighted by molar-refractivity contribution is -0.153. The summed E-state index contributed by atoms with van der Waals surface area (Å²) in [6, 6.07) is 7.78. The first-order valence-electron chi connectivity index (χ1n) is 7.46. The molecule has 2 fully saturated rings. The molecule has 1 aliphatic heterocycles. The zero-order valence-corrected chi connectivity index (χ0v) is 13.7. The fourth-order valence-corrected chi connectivity index (χ4v) is 4.08. The molecular formula is C16H18ClNO3S. The summed E-state index contributed by atoms with van der Waals surface area (Å²) >= 11 is 7.68. The van der Waals surface area contributed by atoms with Crippen molar-refractivity contribution in [1.82, 2.24) is 4.90 Å². The first-order valence-corrected chi connectivity index (χ1v) is 8.72. The molecule has 0 spiro atoms. The van der Waals surface area contributed by atoms with Crippen molar-refractivity contribution in [2.24, 2.45) is 5.41 Å². The van der Waals surface area contributed by atoms with Crippen LogP contribution < -0.4 is 0 Å². The minimum absolute atomic E-state index is 0.185. The molecule has 0 atom stereocenters. The van der Waals surface area contributed by atoms with Gasteiger partial charge in [-0.1, -0.05) is 11.6 Å². The molecule has 0 bridgehead atoms. The average Bonchev–Trinajstić information content (AvgIpc) is 3.31. The zero-order valence-electron chi connectivity index (χ0n) is 12.1. The Kier molecular flexibility index (Phi) is 4.37. The summed E-state index contributed by atoms with van der Waals surface area (Å²) in [4.78, 5) is 26.5. The fraction of sp³-hybridized carbons (Fsp3) is 0.500. The number of halogens is 1. The Labute approximate surface area is 138 Å². The maximum atomic E-state index is 12.3. The minimum Gasteiger partial charge on any atom is -0.480 e. The molecular weight excluding hydrogens is 322 g/mol. The summed E-state index contributed by atoms with van der Waals surface area (Å²) in [7, 11) is 0. The number of nitrogens with zero attached hydrogens (tertiary/aromatic N) is 1. The third-order valence-corrected chi connectivity index (χ3v) is 6.02. The second kappa shape index (κ2) is 6.13. The summed E-state index contributed by atoms with van der Waals surface area (Å²) in [6.07, 6.45) is 2.77. The van der Waals surface area contributed by atoms with Gasteiger partial charge < -0.3 is 10.0 Å². The number of carboxylic acids is 1. The molecule has 0 radical (unpaired) electrons. The van der Waals surface area contributed by atoms with E-state index in [1.165, 1.54) is 4.90 Å². The number of amides is 1. The van der Waals surface area contributed by atoms with Crippen molar-refractivity contribution in [3.63, 3.8) is 0 Å². The molecule has 0 unspecified atom stereocenters. The summed E-state index contributed by atoms with van der Waals surface area (Å²) in [5, 5.41) is 10.4. The van der Waals surface area contributed by atoms with Gasteiger partial charge in [-0.3, -0.25) is 9.59 Å². The molecule has 1 heterocycles. The Balaban J connectivity index is 1.53. The number of benzene rings is 1. The SMILES string of the molecule is O=C(O)C1(C(=O)N2CCC(Sc3ccc(Cl)cc3)CC2)CC1. The molecule has 1 saturated carbocycles. The van der Waals surface area contributed by atoms with Crippen molar-refractivity contribution in [1.29, 1.82) is 0 Å². The van der Waals surface area contributed by atoms with E-state index in [0.717, 1.165) is 17.9 Å². The van der Waals surface area contributed by atoms with Gasteiger partial charge in [-0.25, -0.2) is 0 Å². The van der Waals surface area contributed by atoms with Crippen LogP contribution in [0.2, 0.25) is 5.02 Å². The lowest BCUT2D eigenvalue weighted by atomic mass is 10.0. The molecule has 3 rings (SSSR count). The fourth-order valence-electron chi connectivity index (χ4n) is 2.83. The van der Waals surface area contributed by atoms with Crippen LogP contribution in [0.5, 0.6) is 0 Å². The highest BCUT2D eigenvalue weighted by Gasteiger charge is 2.58. The van der Waals surface area contributed by atoms with E-state index in [-0.39, 0.29) is 5.91 Å². The zero-order chi connectivity index (χ0) is 15.7. The molecule has 6 heteroatoms. The molecule has 22 heavy (non-hydrogen) atoms. The van der Waals surface area contributed by atoms with Crippen molar-refractivity contribution < 1.29 is 14.7 Å². The minimum atomic E-state index is -1.10. The van der Waals surface area contributed by atoms with Crippen LogP contribution in [0.1, 0.15) is 25.7 Å². The summed E-state index contributed by atoms with van der Waals surface area (Å²) < 4.78 is 0. The van der Waals surface area contributed by atoms with Gasteiger partial charge in [0.1, 0.15) is 5.41 Å². The molecule has 2 aliphatic rings. The van der Waals surface area contributed by atoms with E-state index in [2.05, 4.69) is 0 Å². The number of likely N-dealkylation sites (tertiary alicyclic amines) is 1. The van der Waals surface area contributed by atoms with Crippen molar-refractivity contribution in [2.45, 2.75) is 35.8 Å². The van der Waals surface area contributed by atoms with E-state index in [4.69, 9.17) is 11.6 Å². The van der Waals surface area contributed by atoms with Crippen LogP contribution in [0.25, 0.3) is 0 Å². The Morgan fingerprint density at radius 3 is 2.27 bits per heavy atom. The highest BCUT2D eigenvalue weighted by atomic mass is 35.5. The number of carbonyl (C=O) groups excluding carboxylic acids is 1. The highest BCUT2D eigenvalue weighted by Crippen LogP contribution is 2.48. The number of thioether (sulfide) groups is 1. The maximum absolute atomic E-state index is 12.3. The molecule has 118 valence electrons. The molecule has 1 saturated heterocycles. The van der Waals surface area contributed by atoms with Gasteiger partial charge in [-0.2, -0.15) is 0 Å². The molecule has 1 aromatic rings. The number of rotatable bonds is 4. The van der Waals surface area contributed by atoms with E-state index in [1.54, 1.807) is 16.7 Å². The van der Waals surface area contributed by atoms with Crippen molar-refractivity contribution in [3.8, 4) is 0 Å². The number of carboxylic acid groups (broad SMARTS) is 1. The third kappa shape index (κ3) is 3.10. The van der Waals surface area contributed by atoms with E-state index >= 15 is 0 Å². The van der Waals surface area contributed by atoms with E-state index < -0.39 is 11.4 Å². The van der Waals surface area contributed by atoms with Crippen LogP contribution in [-0.4, -0.2) is 40.2 Å². The number of carbonyl (C=O) groups is 2. The third-order valence-electron chi connectivity index (χ3n) is 4.41. The van der Waals surface area contributed by atoms with Crippen LogP contribution in [0, 0.1) is 5.41 Å². The first-order chi connectivity index (χ1) is 10.5. The normalized spacial score (nSPS) is 20.7. The number of piperidine rings is 1. The Bertz CT molecular complexity index is 578. The average molecular weight is 340 g/mol. The van der Waals surface area contributed by atoms with Crippen LogP contribution >= 0.6 is 23.4 Å². The predicted molar refractivity (Wildman–Crippen MR) is 86.2 cm³/mol. The molecule has 1 amide bonds. The van der Waals surface area contributed by atoms with Crippen LogP contribution in [0.3, 0.4) is 0 Å². The molecule has 1 aromatic carbocycles. The van der Waals surface area contributed by atoms with Gasteiger partial charge >= 0.3 is 5.97 Å². The predicted octanol–water partition coefficient (Wildman–Crippen LogP) is 3.29. The van der Waals surface area contributed by atoms with Gasteiger partial charge in [-0.05, 0) is 49.9 Å². The summed E-state index contributed by atoms with van der Waals surface area (Å²) in [5.74, 6) is -1.15.